The van der Waals surface area contributed by atoms with Crippen molar-refractivity contribution in [1.29, 1.82) is 0 Å². The van der Waals surface area contributed by atoms with Gasteiger partial charge in [0, 0.05) is 18.8 Å². The van der Waals surface area contributed by atoms with E-state index < -0.39 is 0 Å². The van der Waals surface area contributed by atoms with Gasteiger partial charge in [-0.2, -0.15) is 5.10 Å². The smallest absolute Gasteiger partial charge is 0.322 e. The van der Waals surface area contributed by atoms with E-state index in [1.807, 2.05) is 12.1 Å². The van der Waals surface area contributed by atoms with Crippen molar-refractivity contribution in [3.63, 3.8) is 0 Å². The Morgan fingerprint density at radius 1 is 1.12 bits per heavy atom. The number of aromatic nitrogens is 4. The van der Waals surface area contributed by atoms with Gasteiger partial charge in [-0.05, 0) is 29.2 Å². The molecule has 2 aromatic heterocycles. The molecule has 3 aromatic rings. The third-order valence-corrected chi connectivity index (χ3v) is 3.70. The van der Waals surface area contributed by atoms with E-state index in [2.05, 4.69) is 41.4 Å². The summed E-state index contributed by atoms with van der Waals surface area (Å²) in [5.74, 6) is 0.00375. The van der Waals surface area contributed by atoms with Crippen LogP contribution in [0, 0.1) is 0 Å². The van der Waals surface area contributed by atoms with Crippen LogP contribution in [0.15, 0.2) is 40.9 Å². The number of hydrogen-bond donors (Lipinski definition) is 1. The van der Waals surface area contributed by atoms with E-state index in [-0.39, 0.29) is 17.3 Å². The number of nitrogens with one attached hydrogen (secondary N) is 1. The van der Waals surface area contributed by atoms with Gasteiger partial charge in [-0.3, -0.25) is 14.8 Å². The van der Waals surface area contributed by atoms with Crippen LogP contribution in [0.3, 0.4) is 0 Å². The highest BCUT2D eigenvalue weighted by Crippen LogP contribution is 2.23. The maximum atomic E-state index is 12.3. The molecular formula is C17H19N5O2. The number of anilines is 1. The Morgan fingerprint density at radius 2 is 1.83 bits per heavy atom. The van der Waals surface area contributed by atoms with Gasteiger partial charge in [0.15, 0.2) is 0 Å². The normalized spacial score (nSPS) is 11.5. The van der Waals surface area contributed by atoms with Crippen molar-refractivity contribution in [2.75, 3.05) is 5.32 Å². The molecule has 0 fully saturated rings. The summed E-state index contributed by atoms with van der Waals surface area (Å²) in [5.41, 5.74) is 2.41. The Kier molecular flexibility index (Phi) is 3.92. The third-order valence-electron chi connectivity index (χ3n) is 3.70. The fraction of sp³-hybridized carbons (Fsp3) is 0.294. The summed E-state index contributed by atoms with van der Waals surface area (Å²) in [6.45, 7) is 6.38. The second-order valence-electron chi connectivity index (χ2n) is 6.53. The fourth-order valence-electron chi connectivity index (χ4n) is 2.25. The minimum absolute atomic E-state index is 0.0412. The van der Waals surface area contributed by atoms with E-state index in [1.54, 1.807) is 36.1 Å². The minimum atomic E-state index is -0.296. The Hall–Kier alpha value is -2.96. The SMILES string of the molecule is Cn1nccc1-c1nnc(NC(=O)c2ccc(C(C)(C)C)cc2)o1. The van der Waals surface area contributed by atoms with Crippen LogP contribution in [0.4, 0.5) is 6.01 Å². The predicted molar refractivity (Wildman–Crippen MR) is 89.6 cm³/mol. The van der Waals surface area contributed by atoms with Crippen LogP contribution in [-0.4, -0.2) is 25.9 Å². The lowest BCUT2D eigenvalue weighted by Gasteiger charge is -2.18. The second-order valence-corrected chi connectivity index (χ2v) is 6.53. The zero-order chi connectivity index (χ0) is 17.3. The molecule has 0 bridgehead atoms. The van der Waals surface area contributed by atoms with Crippen LogP contribution in [0.25, 0.3) is 11.6 Å². The van der Waals surface area contributed by atoms with Gasteiger partial charge in [0.25, 0.3) is 11.8 Å². The van der Waals surface area contributed by atoms with Crippen molar-refractivity contribution in [2.24, 2.45) is 7.05 Å². The number of aryl methyl sites for hydroxylation is 1. The van der Waals surface area contributed by atoms with Crippen LogP contribution in [0.2, 0.25) is 0 Å². The summed E-state index contributed by atoms with van der Waals surface area (Å²) in [6.07, 6.45) is 1.63. The van der Waals surface area contributed by atoms with Crippen LogP contribution in [0.5, 0.6) is 0 Å². The molecule has 0 aliphatic carbocycles. The lowest BCUT2D eigenvalue weighted by Crippen LogP contribution is -2.14. The van der Waals surface area contributed by atoms with Crippen molar-refractivity contribution >= 4 is 11.9 Å². The average Bonchev–Trinajstić information content (AvgIpc) is 3.15. The van der Waals surface area contributed by atoms with Crippen molar-refractivity contribution < 1.29 is 9.21 Å². The quantitative estimate of drug-likeness (QED) is 0.800. The lowest BCUT2D eigenvalue weighted by atomic mass is 9.87. The van der Waals surface area contributed by atoms with Crippen molar-refractivity contribution in [3.8, 4) is 11.6 Å². The van der Waals surface area contributed by atoms with Crippen molar-refractivity contribution in [1.82, 2.24) is 20.0 Å². The maximum Gasteiger partial charge on any atom is 0.322 e. The highest BCUT2D eigenvalue weighted by molar-refractivity contribution is 6.03. The number of amides is 1. The van der Waals surface area contributed by atoms with E-state index >= 15 is 0 Å². The Morgan fingerprint density at radius 3 is 2.42 bits per heavy atom. The molecule has 3 rings (SSSR count). The van der Waals surface area contributed by atoms with Gasteiger partial charge < -0.3 is 4.42 Å². The van der Waals surface area contributed by atoms with Gasteiger partial charge in [0.2, 0.25) is 0 Å². The third kappa shape index (κ3) is 3.19. The number of rotatable bonds is 3. The monoisotopic (exact) mass is 325 g/mol. The first-order valence-electron chi connectivity index (χ1n) is 7.58. The highest BCUT2D eigenvalue weighted by atomic mass is 16.4. The lowest BCUT2D eigenvalue weighted by molar-refractivity contribution is 0.102. The van der Waals surface area contributed by atoms with Gasteiger partial charge in [-0.1, -0.05) is 38.0 Å². The Bertz CT molecular complexity index is 856. The summed E-state index contributed by atoms with van der Waals surface area (Å²) in [5, 5.41) is 14.4. The molecule has 7 heteroatoms. The number of nitrogens with zero attached hydrogens (tertiary/aromatic N) is 4. The van der Waals surface area contributed by atoms with E-state index in [0.717, 1.165) is 5.56 Å². The molecule has 1 amide bonds. The largest absolute Gasteiger partial charge is 0.401 e. The number of hydrogen-bond acceptors (Lipinski definition) is 5. The zero-order valence-corrected chi connectivity index (χ0v) is 14.1. The topological polar surface area (TPSA) is 85.8 Å². The van der Waals surface area contributed by atoms with Crippen LogP contribution in [-0.2, 0) is 12.5 Å². The highest BCUT2D eigenvalue weighted by Gasteiger charge is 2.16. The molecule has 7 nitrogen and oxygen atoms in total. The minimum Gasteiger partial charge on any atom is -0.401 e. The predicted octanol–water partition coefficient (Wildman–Crippen LogP) is 3.02. The van der Waals surface area contributed by atoms with Crippen LogP contribution < -0.4 is 5.32 Å². The molecule has 0 saturated carbocycles. The van der Waals surface area contributed by atoms with Gasteiger partial charge in [0.1, 0.15) is 5.69 Å². The molecule has 0 radical (unpaired) electrons. The molecule has 1 N–H and O–H groups in total. The molecule has 24 heavy (non-hydrogen) atoms. The van der Waals surface area contributed by atoms with Crippen LogP contribution >= 0.6 is 0 Å². The first-order valence-corrected chi connectivity index (χ1v) is 7.58. The molecule has 0 atom stereocenters. The summed E-state index contributed by atoms with van der Waals surface area (Å²) in [4.78, 5) is 12.3. The molecule has 0 saturated heterocycles. The maximum absolute atomic E-state index is 12.3. The van der Waals surface area contributed by atoms with Gasteiger partial charge in [-0.15, -0.1) is 5.10 Å². The number of benzene rings is 1. The average molecular weight is 325 g/mol. The fourth-order valence-corrected chi connectivity index (χ4v) is 2.25. The molecule has 124 valence electrons. The number of carbonyl (C=O) groups excluding carboxylic acids is 1. The Balaban J connectivity index is 1.74. The van der Waals surface area contributed by atoms with E-state index in [0.29, 0.717) is 17.1 Å². The number of carbonyl (C=O) groups is 1. The first kappa shape index (κ1) is 15.9. The summed E-state index contributed by atoms with van der Waals surface area (Å²) >= 11 is 0. The summed E-state index contributed by atoms with van der Waals surface area (Å²) in [7, 11) is 1.77. The Labute approximate surface area is 139 Å². The van der Waals surface area contributed by atoms with Gasteiger partial charge in [0.05, 0.1) is 0 Å². The molecule has 2 heterocycles. The molecule has 0 spiro atoms. The van der Waals surface area contributed by atoms with Crippen molar-refractivity contribution in [3.05, 3.63) is 47.7 Å². The molecular weight excluding hydrogens is 306 g/mol. The summed E-state index contributed by atoms with van der Waals surface area (Å²) in [6, 6.07) is 9.27. The molecule has 0 aliphatic rings. The molecule has 1 aromatic carbocycles. The second kappa shape index (κ2) is 5.92. The molecule has 0 aliphatic heterocycles. The van der Waals surface area contributed by atoms with E-state index in [4.69, 9.17) is 4.42 Å². The molecule has 0 unspecified atom stereocenters. The van der Waals surface area contributed by atoms with Gasteiger partial charge in [-0.25, -0.2) is 0 Å². The standard InChI is InChI=1S/C17H19N5O2/c1-17(2,3)12-7-5-11(6-8-12)14(23)19-16-21-20-15(24-16)13-9-10-18-22(13)4/h5-10H,1-4H3,(H,19,21,23). The van der Waals surface area contributed by atoms with E-state index in [9.17, 15) is 4.79 Å². The van der Waals surface area contributed by atoms with Gasteiger partial charge >= 0.3 is 6.01 Å². The van der Waals surface area contributed by atoms with E-state index in [1.165, 1.54) is 0 Å². The summed E-state index contributed by atoms with van der Waals surface area (Å²) < 4.78 is 7.08. The first-order chi connectivity index (χ1) is 11.3. The van der Waals surface area contributed by atoms with Crippen LogP contribution in [0.1, 0.15) is 36.7 Å². The zero-order valence-electron chi connectivity index (χ0n) is 14.1. The van der Waals surface area contributed by atoms with Crippen molar-refractivity contribution in [2.45, 2.75) is 26.2 Å².